The highest BCUT2D eigenvalue weighted by Gasteiger charge is 2.37. The summed E-state index contributed by atoms with van der Waals surface area (Å²) in [7, 11) is 0. The topological polar surface area (TPSA) is 0 Å². The van der Waals surface area contributed by atoms with Gasteiger partial charge in [-0.1, -0.05) is 50.3 Å². The molecular weight excluding hydrogens is 260 g/mol. The summed E-state index contributed by atoms with van der Waals surface area (Å²) in [4.78, 5) is 1.16. The molecule has 0 spiro atoms. The highest BCUT2D eigenvalue weighted by Crippen LogP contribution is 2.52. The molecular formula is C19H18S. The Bertz CT molecular complexity index is 751. The van der Waals surface area contributed by atoms with Crippen molar-refractivity contribution in [3.63, 3.8) is 0 Å². The van der Waals surface area contributed by atoms with Crippen molar-refractivity contribution in [2.45, 2.75) is 37.0 Å². The van der Waals surface area contributed by atoms with E-state index in [2.05, 4.69) is 56.3 Å². The lowest BCUT2D eigenvalue weighted by atomic mass is 9.81. The Hall–Kier alpha value is -1.47. The first-order valence-electron chi connectivity index (χ1n) is 7.26. The van der Waals surface area contributed by atoms with Crippen LogP contribution in [0.2, 0.25) is 0 Å². The Morgan fingerprint density at radius 3 is 2.75 bits per heavy atom. The van der Waals surface area contributed by atoms with Gasteiger partial charge in [0.25, 0.3) is 0 Å². The zero-order valence-electron chi connectivity index (χ0n) is 11.9. The van der Waals surface area contributed by atoms with Crippen molar-refractivity contribution >= 4 is 18.7 Å². The van der Waals surface area contributed by atoms with E-state index in [9.17, 15) is 0 Å². The van der Waals surface area contributed by atoms with Crippen molar-refractivity contribution in [1.29, 1.82) is 0 Å². The van der Waals surface area contributed by atoms with Crippen LogP contribution in [0, 0.1) is 0 Å². The number of thiol groups is 1. The molecule has 0 fully saturated rings. The number of rotatable bonds is 0. The van der Waals surface area contributed by atoms with Gasteiger partial charge in [0.15, 0.2) is 0 Å². The number of hydrogen-bond acceptors (Lipinski definition) is 1. The molecule has 2 aromatic rings. The lowest BCUT2D eigenvalue weighted by molar-refractivity contribution is 0.658. The first-order chi connectivity index (χ1) is 9.60. The Labute approximate surface area is 125 Å². The van der Waals surface area contributed by atoms with Gasteiger partial charge in [-0.25, -0.2) is 0 Å². The van der Waals surface area contributed by atoms with Crippen molar-refractivity contribution in [2.75, 3.05) is 0 Å². The molecule has 0 atom stereocenters. The van der Waals surface area contributed by atoms with E-state index in [1.54, 1.807) is 0 Å². The van der Waals surface area contributed by atoms with Gasteiger partial charge in [-0.3, -0.25) is 0 Å². The standard InChI is InChI=1S/C19H18S/c1-19(2)15-10-6-5-9-14(15)18-13-8-4-3-7-12(13)17(20)11-16(18)19/h4-6,8-11,20H,3,7H2,1-2H3. The predicted molar refractivity (Wildman–Crippen MR) is 88.6 cm³/mol. The smallest absolute Gasteiger partial charge is 0.0159 e. The van der Waals surface area contributed by atoms with Crippen LogP contribution in [0.3, 0.4) is 0 Å². The van der Waals surface area contributed by atoms with Crippen LogP contribution in [0.5, 0.6) is 0 Å². The minimum Gasteiger partial charge on any atom is -0.143 e. The van der Waals surface area contributed by atoms with Gasteiger partial charge in [-0.2, -0.15) is 0 Å². The van der Waals surface area contributed by atoms with E-state index in [0.29, 0.717) is 0 Å². The van der Waals surface area contributed by atoms with Crippen LogP contribution >= 0.6 is 12.6 Å². The molecule has 0 heterocycles. The molecule has 0 aliphatic heterocycles. The molecule has 0 bridgehead atoms. The molecule has 0 amide bonds. The zero-order chi connectivity index (χ0) is 13.9. The van der Waals surface area contributed by atoms with E-state index in [-0.39, 0.29) is 5.41 Å². The minimum absolute atomic E-state index is 0.0731. The molecule has 20 heavy (non-hydrogen) atoms. The van der Waals surface area contributed by atoms with Crippen LogP contribution in [0.25, 0.3) is 17.2 Å². The fourth-order valence-corrected chi connectivity index (χ4v) is 4.14. The predicted octanol–water partition coefficient (Wildman–Crippen LogP) is 5.24. The second-order valence-electron chi connectivity index (χ2n) is 6.32. The zero-order valence-corrected chi connectivity index (χ0v) is 12.8. The first-order valence-corrected chi connectivity index (χ1v) is 7.71. The second-order valence-corrected chi connectivity index (χ2v) is 6.80. The lowest BCUT2D eigenvalue weighted by Gasteiger charge is -2.24. The van der Waals surface area contributed by atoms with Crippen LogP contribution < -0.4 is 0 Å². The molecule has 2 aliphatic carbocycles. The number of hydrogen-bond donors (Lipinski definition) is 1. The van der Waals surface area contributed by atoms with Gasteiger partial charge in [0, 0.05) is 10.3 Å². The fourth-order valence-electron chi connectivity index (χ4n) is 3.78. The number of fused-ring (bicyclic) bond motifs is 5. The van der Waals surface area contributed by atoms with Gasteiger partial charge in [0.05, 0.1) is 0 Å². The van der Waals surface area contributed by atoms with Gasteiger partial charge in [0.1, 0.15) is 0 Å². The third-order valence-electron chi connectivity index (χ3n) is 4.84. The average molecular weight is 278 g/mol. The van der Waals surface area contributed by atoms with Gasteiger partial charge < -0.3 is 0 Å². The van der Waals surface area contributed by atoms with Gasteiger partial charge in [-0.15, -0.1) is 12.6 Å². The van der Waals surface area contributed by atoms with E-state index in [4.69, 9.17) is 12.6 Å². The Morgan fingerprint density at radius 1 is 1.10 bits per heavy atom. The summed E-state index contributed by atoms with van der Waals surface area (Å²) in [6.45, 7) is 4.65. The monoisotopic (exact) mass is 278 g/mol. The first kappa shape index (κ1) is 12.3. The van der Waals surface area contributed by atoms with E-state index in [1.165, 1.54) is 33.4 Å². The molecule has 0 N–H and O–H groups in total. The highest BCUT2D eigenvalue weighted by atomic mass is 32.1. The van der Waals surface area contributed by atoms with E-state index in [0.717, 1.165) is 17.7 Å². The largest absolute Gasteiger partial charge is 0.143 e. The summed E-state index contributed by atoms with van der Waals surface area (Å²) >= 11 is 4.76. The molecule has 0 unspecified atom stereocenters. The van der Waals surface area contributed by atoms with Crippen LogP contribution in [0.15, 0.2) is 41.3 Å². The van der Waals surface area contributed by atoms with Gasteiger partial charge >= 0.3 is 0 Å². The van der Waals surface area contributed by atoms with Crippen molar-refractivity contribution in [1.82, 2.24) is 0 Å². The summed E-state index contributed by atoms with van der Waals surface area (Å²) in [5, 5.41) is 0. The van der Waals surface area contributed by atoms with Crippen molar-refractivity contribution in [3.05, 3.63) is 58.7 Å². The number of allylic oxidation sites excluding steroid dienone is 1. The van der Waals surface area contributed by atoms with Crippen LogP contribution in [-0.4, -0.2) is 0 Å². The molecule has 1 heteroatoms. The van der Waals surface area contributed by atoms with Gasteiger partial charge in [0.2, 0.25) is 0 Å². The average Bonchev–Trinajstić information content (AvgIpc) is 2.69. The normalized spacial score (nSPS) is 17.6. The summed E-state index contributed by atoms with van der Waals surface area (Å²) in [6.07, 6.45) is 6.84. The lowest BCUT2D eigenvalue weighted by Crippen LogP contribution is -2.15. The maximum atomic E-state index is 4.76. The molecule has 0 nitrogen and oxygen atoms in total. The van der Waals surface area contributed by atoms with Crippen molar-refractivity contribution in [3.8, 4) is 11.1 Å². The van der Waals surface area contributed by atoms with Crippen LogP contribution in [0.4, 0.5) is 0 Å². The molecule has 2 aromatic carbocycles. The molecule has 4 rings (SSSR count). The maximum absolute atomic E-state index is 4.76. The van der Waals surface area contributed by atoms with E-state index >= 15 is 0 Å². The highest BCUT2D eigenvalue weighted by molar-refractivity contribution is 7.80. The van der Waals surface area contributed by atoms with Crippen LogP contribution in [0.1, 0.15) is 42.5 Å². The Morgan fingerprint density at radius 2 is 1.90 bits per heavy atom. The molecule has 0 saturated heterocycles. The molecule has 0 aromatic heterocycles. The van der Waals surface area contributed by atoms with E-state index < -0.39 is 0 Å². The second kappa shape index (κ2) is 4.02. The summed E-state index contributed by atoms with van der Waals surface area (Å²) in [6, 6.07) is 11.1. The minimum atomic E-state index is 0.0731. The third-order valence-corrected chi connectivity index (χ3v) is 5.24. The van der Waals surface area contributed by atoms with Gasteiger partial charge in [-0.05, 0) is 52.3 Å². The summed E-state index contributed by atoms with van der Waals surface area (Å²) < 4.78 is 0. The summed E-state index contributed by atoms with van der Waals surface area (Å²) in [5.74, 6) is 0. The van der Waals surface area contributed by atoms with Crippen LogP contribution in [-0.2, 0) is 11.8 Å². The van der Waals surface area contributed by atoms with Crippen molar-refractivity contribution < 1.29 is 0 Å². The Kier molecular flexibility index (Phi) is 2.47. The molecule has 0 radical (unpaired) electrons. The van der Waals surface area contributed by atoms with E-state index in [1.807, 2.05) is 0 Å². The number of benzene rings is 2. The molecule has 100 valence electrons. The third kappa shape index (κ3) is 1.44. The molecule has 0 saturated carbocycles. The summed E-state index contributed by atoms with van der Waals surface area (Å²) in [5.41, 5.74) is 8.60. The molecule has 2 aliphatic rings. The quantitative estimate of drug-likeness (QED) is 0.626. The SMILES string of the molecule is CC1(C)c2ccccc2-c2c1cc(S)c1c2C=CCC1. The van der Waals surface area contributed by atoms with Crippen molar-refractivity contribution in [2.24, 2.45) is 0 Å². The fraction of sp³-hybridized carbons (Fsp3) is 0.263. The Balaban J connectivity index is 2.16. The maximum Gasteiger partial charge on any atom is 0.0159 e.